The largest absolute Gasteiger partial charge is 0.367 e. The Morgan fingerprint density at radius 2 is 2.23 bits per heavy atom. The number of hydrogen-bond acceptors (Lipinski definition) is 3. The van der Waals surface area contributed by atoms with E-state index in [9.17, 15) is 4.79 Å². The molecule has 0 heterocycles. The first kappa shape index (κ1) is 10.5. The van der Waals surface area contributed by atoms with Crippen molar-refractivity contribution in [2.45, 2.75) is 50.9 Å². The van der Waals surface area contributed by atoms with E-state index in [0.29, 0.717) is 0 Å². The highest BCUT2D eigenvalue weighted by Gasteiger charge is 2.22. The van der Waals surface area contributed by atoms with Crippen LogP contribution >= 0.6 is 0 Å². The van der Waals surface area contributed by atoms with Crippen molar-refractivity contribution in [2.75, 3.05) is 0 Å². The van der Waals surface area contributed by atoms with Gasteiger partial charge in [-0.2, -0.15) is 0 Å². The summed E-state index contributed by atoms with van der Waals surface area (Å²) in [5.74, 6) is -0.404. The standard InChI is InChI=1S/C9H18N2O2/c1-6(9(11)12)13-8-4-2-3-7(10)5-8/h6-8H,2-5,10H2,1H3,(H2,11,12). The van der Waals surface area contributed by atoms with Crippen molar-refractivity contribution in [1.29, 1.82) is 0 Å². The third-order valence-corrected chi connectivity index (χ3v) is 2.46. The van der Waals surface area contributed by atoms with E-state index in [2.05, 4.69) is 0 Å². The third kappa shape index (κ3) is 3.32. The summed E-state index contributed by atoms with van der Waals surface area (Å²) < 4.78 is 5.47. The molecule has 1 saturated carbocycles. The van der Waals surface area contributed by atoms with E-state index in [0.717, 1.165) is 25.7 Å². The molecule has 0 aromatic rings. The maximum absolute atomic E-state index is 10.7. The van der Waals surface area contributed by atoms with Gasteiger partial charge in [-0.3, -0.25) is 4.79 Å². The maximum atomic E-state index is 10.7. The number of nitrogens with two attached hydrogens (primary N) is 2. The Bertz CT molecular complexity index is 184. The summed E-state index contributed by atoms with van der Waals surface area (Å²) in [7, 11) is 0. The van der Waals surface area contributed by atoms with E-state index in [1.807, 2.05) is 0 Å². The summed E-state index contributed by atoms with van der Waals surface area (Å²) in [4.78, 5) is 10.7. The van der Waals surface area contributed by atoms with Gasteiger partial charge in [0, 0.05) is 6.04 Å². The van der Waals surface area contributed by atoms with Crippen LogP contribution in [0.4, 0.5) is 0 Å². The Balaban J connectivity index is 2.31. The lowest BCUT2D eigenvalue weighted by Gasteiger charge is -2.28. The van der Waals surface area contributed by atoms with Crippen LogP contribution in [-0.2, 0) is 9.53 Å². The van der Waals surface area contributed by atoms with Gasteiger partial charge in [0.2, 0.25) is 5.91 Å². The van der Waals surface area contributed by atoms with Gasteiger partial charge in [0.05, 0.1) is 6.10 Å². The van der Waals surface area contributed by atoms with Gasteiger partial charge in [0.25, 0.3) is 0 Å². The van der Waals surface area contributed by atoms with E-state index < -0.39 is 12.0 Å². The number of carbonyl (C=O) groups is 1. The molecule has 13 heavy (non-hydrogen) atoms. The second-order valence-corrected chi connectivity index (χ2v) is 3.73. The molecule has 0 aromatic carbocycles. The van der Waals surface area contributed by atoms with Crippen LogP contribution in [0.15, 0.2) is 0 Å². The minimum Gasteiger partial charge on any atom is -0.367 e. The van der Waals surface area contributed by atoms with E-state index in [-0.39, 0.29) is 12.1 Å². The Labute approximate surface area is 78.6 Å². The molecule has 1 aliphatic carbocycles. The molecule has 0 bridgehead atoms. The highest BCUT2D eigenvalue weighted by molar-refractivity contribution is 5.78. The zero-order valence-corrected chi connectivity index (χ0v) is 8.03. The first-order valence-electron chi connectivity index (χ1n) is 4.80. The van der Waals surface area contributed by atoms with Crippen molar-refractivity contribution in [3.8, 4) is 0 Å². The van der Waals surface area contributed by atoms with Crippen molar-refractivity contribution in [3.63, 3.8) is 0 Å². The Kier molecular flexibility index (Phi) is 3.69. The van der Waals surface area contributed by atoms with Crippen molar-refractivity contribution in [2.24, 2.45) is 11.5 Å². The second kappa shape index (κ2) is 4.58. The number of amides is 1. The molecule has 0 aromatic heterocycles. The van der Waals surface area contributed by atoms with Crippen LogP contribution in [0.2, 0.25) is 0 Å². The van der Waals surface area contributed by atoms with Crippen LogP contribution in [-0.4, -0.2) is 24.2 Å². The van der Waals surface area contributed by atoms with Crippen LogP contribution in [0.3, 0.4) is 0 Å². The lowest BCUT2D eigenvalue weighted by atomic mass is 9.93. The van der Waals surface area contributed by atoms with E-state index >= 15 is 0 Å². The van der Waals surface area contributed by atoms with Gasteiger partial charge in [0.15, 0.2) is 0 Å². The summed E-state index contributed by atoms with van der Waals surface area (Å²) in [6.45, 7) is 1.68. The molecule has 1 rings (SSSR count). The molecule has 3 atom stereocenters. The fourth-order valence-corrected chi connectivity index (χ4v) is 1.66. The topological polar surface area (TPSA) is 78.3 Å². The molecule has 0 aliphatic heterocycles. The highest BCUT2D eigenvalue weighted by Crippen LogP contribution is 2.20. The third-order valence-electron chi connectivity index (χ3n) is 2.46. The van der Waals surface area contributed by atoms with Crippen molar-refractivity contribution in [3.05, 3.63) is 0 Å². The molecule has 76 valence electrons. The number of carbonyl (C=O) groups excluding carboxylic acids is 1. The first-order valence-corrected chi connectivity index (χ1v) is 4.80. The molecule has 1 fully saturated rings. The summed E-state index contributed by atoms with van der Waals surface area (Å²) in [5.41, 5.74) is 10.9. The normalized spacial score (nSPS) is 31.2. The van der Waals surface area contributed by atoms with Gasteiger partial charge in [-0.05, 0) is 32.6 Å². The summed E-state index contributed by atoms with van der Waals surface area (Å²) in [6, 6.07) is 0.221. The van der Waals surface area contributed by atoms with Gasteiger partial charge < -0.3 is 16.2 Å². The smallest absolute Gasteiger partial charge is 0.246 e. The molecule has 4 nitrogen and oxygen atoms in total. The fraction of sp³-hybridized carbons (Fsp3) is 0.889. The van der Waals surface area contributed by atoms with Gasteiger partial charge in [0.1, 0.15) is 6.10 Å². The summed E-state index contributed by atoms with van der Waals surface area (Å²) in [6.07, 6.45) is 3.60. The molecule has 0 saturated heterocycles. The zero-order valence-electron chi connectivity index (χ0n) is 8.03. The zero-order chi connectivity index (χ0) is 9.84. The lowest BCUT2D eigenvalue weighted by Crippen LogP contribution is -2.37. The highest BCUT2D eigenvalue weighted by atomic mass is 16.5. The minimum atomic E-state index is -0.490. The molecule has 1 aliphatic rings. The molecule has 0 spiro atoms. The number of ether oxygens (including phenoxy) is 1. The van der Waals surface area contributed by atoms with Crippen LogP contribution in [0.5, 0.6) is 0 Å². The monoisotopic (exact) mass is 186 g/mol. The molecular formula is C9H18N2O2. The number of rotatable bonds is 3. The Morgan fingerprint density at radius 3 is 2.77 bits per heavy atom. The Hall–Kier alpha value is -0.610. The minimum absolute atomic E-state index is 0.117. The van der Waals surface area contributed by atoms with Crippen LogP contribution in [0.1, 0.15) is 32.6 Å². The SMILES string of the molecule is CC(OC1CCCC(N)C1)C(N)=O. The van der Waals surface area contributed by atoms with E-state index in [1.165, 1.54) is 0 Å². The average molecular weight is 186 g/mol. The quantitative estimate of drug-likeness (QED) is 0.658. The molecular weight excluding hydrogens is 168 g/mol. The van der Waals surface area contributed by atoms with Crippen LogP contribution < -0.4 is 11.5 Å². The van der Waals surface area contributed by atoms with Crippen molar-refractivity contribution < 1.29 is 9.53 Å². The molecule has 3 unspecified atom stereocenters. The fourth-order valence-electron chi connectivity index (χ4n) is 1.66. The van der Waals surface area contributed by atoms with Gasteiger partial charge in [-0.15, -0.1) is 0 Å². The summed E-state index contributed by atoms with van der Waals surface area (Å²) >= 11 is 0. The predicted molar refractivity (Wildman–Crippen MR) is 50.0 cm³/mol. The second-order valence-electron chi connectivity index (χ2n) is 3.73. The van der Waals surface area contributed by atoms with E-state index in [1.54, 1.807) is 6.92 Å². The van der Waals surface area contributed by atoms with Gasteiger partial charge in [-0.25, -0.2) is 0 Å². The predicted octanol–water partition coefficient (Wildman–Crippen LogP) is 0.147. The van der Waals surface area contributed by atoms with Crippen LogP contribution in [0.25, 0.3) is 0 Å². The number of hydrogen-bond donors (Lipinski definition) is 2. The van der Waals surface area contributed by atoms with E-state index in [4.69, 9.17) is 16.2 Å². The Morgan fingerprint density at radius 1 is 1.54 bits per heavy atom. The molecule has 1 amide bonds. The van der Waals surface area contributed by atoms with Crippen molar-refractivity contribution >= 4 is 5.91 Å². The number of primary amides is 1. The lowest BCUT2D eigenvalue weighted by molar-refractivity contribution is -0.133. The van der Waals surface area contributed by atoms with Gasteiger partial charge in [-0.1, -0.05) is 0 Å². The van der Waals surface area contributed by atoms with Crippen molar-refractivity contribution in [1.82, 2.24) is 0 Å². The molecule has 4 N–H and O–H groups in total. The van der Waals surface area contributed by atoms with Crippen LogP contribution in [0, 0.1) is 0 Å². The average Bonchev–Trinajstić information content (AvgIpc) is 2.04. The first-order chi connectivity index (χ1) is 6.09. The molecule has 0 radical (unpaired) electrons. The summed E-state index contributed by atoms with van der Waals surface area (Å²) in [5, 5.41) is 0. The van der Waals surface area contributed by atoms with Gasteiger partial charge >= 0.3 is 0 Å². The maximum Gasteiger partial charge on any atom is 0.246 e. The molecule has 4 heteroatoms.